The molecule has 5 heteroatoms. The quantitative estimate of drug-likeness (QED) is 0.679. The summed E-state index contributed by atoms with van der Waals surface area (Å²) >= 11 is 0. The summed E-state index contributed by atoms with van der Waals surface area (Å²) < 4.78 is 0. The van der Waals surface area contributed by atoms with E-state index in [4.69, 9.17) is 0 Å². The molecule has 0 spiro atoms. The van der Waals surface area contributed by atoms with Crippen LogP contribution in [0.1, 0.15) is 0 Å². The molecular formula is C13H9N5. The second-order valence-corrected chi connectivity index (χ2v) is 3.65. The van der Waals surface area contributed by atoms with Crippen molar-refractivity contribution in [1.29, 1.82) is 0 Å². The summed E-state index contributed by atoms with van der Waals surface area (Å²) in [7, 11) is 0. The van der Waals surface area contributed by atoms with E-state index in [0.717, 1.165) is 16.8 Å². The molecule has 0 aromatic carbocycles. The van der Waals surface area contributed by atoms with E-state index in [0.29, 0.717) is 5.82 Å². The lowest BCUT2D eigenvalue weighted by atomic mass is 10.2. The van der Waals surface area contributed by atoms with Crippen molar-refractivity contribution in [2.75, 3.05) is 0 Å². The average molecular weight is 235 g/mol. The lowest BCUT2D eigenvalue weighted by molar-refractivity contribution is 0.981. The molecule has 0 saturated carbocycles. The van der Waals surface area contributed by atoms with Crippen LogP contribution in [0.2, 0.25) is 0 Å². The fourth-order valence-electron chi connectivity index (χ4n) is 1.57. The Kier molecular flexibility index (Phi) is 2.71. The molecule has 3 aromatic heterocycles. The number of aromatic nitrogens is 5. The van der Waals surface area contributed by atoms with Gasteiger partial charge in [0.15, 0.2) is 5.82 Å². The average Bonchev–Trinajstić information content (AvgIpc) is 2.49. The fourth-order valence-corrected chi connectivity index (χ4v) is 1.57. The Morgan fingerprint density at radius 3 is 2.17 bits per heavy atom. The molecule has 0 bridgehead atoms. The van der Waals surface area contributed by atoms with Gasteiger partial charge in [0.05, 0.1) is 11.9 Å². The minimum Gasteiger partial charge on any atom is -0.264 e. The molecule has 0 fully saturated rings. The van der Waals surface area contributed by atoms with Crippen LogP contribution in [-0.2, 0) is 0 Å². The van der Waals surface area contributed by atoms with Crippen LogP contribution in [0.4, 0.5) is 0 Å². The second-order valence-electron chi connectivity index (χ2n) is 3.65. The zero-order valence-corrected chi connectivity index (χ0v) is 9.43. The van der Waals surface area contributed by atoms with Gasteiger partial charge in [-0.1, -0.05) is 0 Å². The monoisotopic (exact) mass is 235 g/mol. The highest BCUT2D eigenvalue weighted by atomic mass is 15.1. The van der Waals surface area contributed by atoms with Crippen molar-refractivity contribution >= 4 is 0 Å². The molecule has 0 unspecified atom stereocenters. The molecule has 0 aliphatic carbocycles. The van der Waals surface area contributed by atoms with Gasteiger partial charge in [-0.2, -0.15) is 5.10 Å². The molecule has 5 nitrogen and oxygen atoms in total. The molecule has 3 rings (SSSR count). The first-order chi connectivity index (χ1) is 8.93. The third-order valence-electron chi connectivity index (χ3n) is 2.44. The van der Waals surface area contributed by atoms with Crippen LogP contribution < -0.4 is 0 Å². The number of rotatable bonds is 2. The van der Waals surface area contributed by atoms with Crippen molar-refractivity contribution in [3.05, 3.63) is 55.2 Å². The molecule has 0 aliphatic heterocycles. The minimum atomic E-state index is 0.560. The number of pyridine rings is 2. The number of hydrogen-bond donors (Lipinski definition) is 0. The maximum Gasteiger partial charge on any atom is 0.183 e. The fraction of sp³-hybridized carbons (Fsp3) is 0. The number of nitrogens with zero attached hydrogens (tertiary/aromatic N) is 5. The van der Waals surface area contributed by atoms with Gasteiger partial charge < -0.3 is 0 Å². The lowest BCUT2D eigenvalue weighted by Crippen LogP contribution is -1.95. The van der Waals surface area contributed by atoms with E-state index in [2.05, 4.69) is 25.1 Å². The summed E-state index contributed by atoms with van der Waals surface area (Å²) in [5, 5.41) is 7.98. The maximum atomic E-state index is 4.46. The highest BCUT2D eigenvalue weighted by Gasteiger charge is 2.05. The zero-order valence-electron chi connectivity index (χ0n) is 9.43. The van der Waals surface area contributed by atoms with E-state index in [1.807, 2.05) is 24.3 Å². The largest absolute Gasteiger partial charge is 0.264 e. The summed E-state index contributed by atoms with van der Waals surface area (Å²) in [6.45, 7) is 0. The summed E-state index contributed by atoms with van der Waals surface area (Å²) in [5.74, 6) is 0.560. The third kappa shape index (κ3) is 2.06. The van der Waals surface area contributed by atoms with Crippen LogP contribution in [-0.4, -0.2) is 25.1 Å². The minimum absolute atomic E-state index is 0.560. The molecule has 3 heterocycles. The Morgan fingerprint density at radius 2 is 1.50 bits per heavy atom. The Hall–Kier alpha value is -2.69. The first-order valence-corrected chi connectivity index (χ1v) is 5.44. The van der Waals surface area contributed by atoms with Crippen molar-refractivity contribution < 1.29 is 0 Å². The van der Waals surface area contributed by atoms with Crippen molar-refractivity contribution in [2.24, 2.45) is 0 Å². The summed E-state index contributed by atoms with van der Waals surface area (Å²) in [6, 6.07) is 7.54. The summed E-state index contributed by atoms with van der Waals surface area (Å²) in [5.41, 5.74) is 2.50. The van der Waals surface area contributed by atoms with Crippen LogP contribution >= 0.6 is 0 Å². The van der Waals surface area contributed by atoms with E-state index in [1.54, 1.807) is 31.0 Å². The summed E-state index contributed by atoms with van der Waals surface area (Å²) in [6.07, 6.45) is 8.51. The van der Waals surface area contributed by atoms with Gasteiger partial charge in [-0.15, -0.1) is 5.10 Å². The van der Waals surface area contributed by atoms with E-state index >= 15 is 0 Å². The Balaban J connectivity index is 2.05. The van der Waals surface area contributed by atoms with Crippen LogP contribution in [0.5, 0.6) is 0 Å². The second kappa shape index (κ2) is 4.67. The molecule has 0 atom stereocenters. The van der Waals surface area contributed by atoms with Crippen molar-refractivity contribution in [3.8, 4) is 22.6 Å². The van der Waals surface area contributed by atoms with Gasteiger partial charge in [0.2, 0.25) is 0 Å². The van der Waals surface area contributed by atoms with Crippen molar-refractivity contribution in [1.82, 2.24) is 25.1 Å². The highest BCUT2D eigenvalue weighted by Crippen LogP contribution is 2.17. The standard InChI is InChI=1S/C13H9N5/c1-3-10(7-14-5-1)12-9-16-18-13(17-12)11-4-2-6-15-8-11/h1-9H. The van der Waals surface area contributed by atoms with Gasteiger partial charge in [0.1, 0.15) is 0 Å². The van der Waals surface area contributed by atoms with Crippen molar-refractivity contribution in [2.45, 2.75) is 0 Å². The maximum absolute atomic E-state index is 4.46. The van der Waals surface area contributed by atoms with Crippen molar-refractivity contribution in [3.63, 3.8) is 0 Å². The Labute approximate surface area is 104 Å². The molecule has 86 valence electrons. The summed E-state index contributed by atoms with van der Waals surface area (Å²) in [4.78, 5) is 12.6. The first-order valence-electron chi connectivity index (χ1n) is 5.44. The molecule has 18 heavy (non-hydrogen) atoms. The van der Waals surface area contributed by atoms with Gasteiger partial charge in [-0.3, -0.25) is 9.97 Å². The van der Waals surface area contributed by atoms with Gasteiger partial charge in [0, 0.05) is 35.9 Å². The van der Waals surface area contributed by atoms with E-state index in [-0.39, 0.29) is 0 Å². The van der Waals surface area contributed by atoms with E-state index in [1.165, 1.54) is 0 Å². The molecule has 0 saturated heterocycles. The molecule has 0 N–H and O–H groups in total. The van der Waals surface area contributed by atoms with Crippen LogP contribution in [0.3, 0.4) is 0 Å². The predicted molar refractivity (Wildman–Crippen MR) is 66.3 cm³/mol. The first kappa shape index (κ1) is 10.5. The lowest BCUT2D eigenvalue weighted by Gasteiger charge is -2.01. The topological polar surface area (TPSA) is 64.5 Å². The molecular weight excluding hydrogens is 226 g/mol. The van der Waals surface area contributed by atoms with E-state index in [9.17, 15) is 0 Å². The normalized spacial score (nSPS) is 10.2. The smallest absolute Gasteiger partial charge is 0.183 e. The molecule has 0 amide bonds. The number of hydrogen-bond acceptors (Lipinski definition) is 5. The van der Waals surface area contributed by atoms with Crippen LogP contribution in [0.15, 0.2) is 55.2 Å². The Morgan fingerprint density at radius 1 is 0.778 bits per heavy atom. The van der Waals surface area contributed by atoms with Gasteiger partial charge in [-0.05, 0) is 24.3 Å². The van der Waals surface area contributed by atoms with Gasteiger partial charge in [-0.25, -0.2) is 4.98 Å². The SMILES string of the molecule is c1cncc(-c2cnnc(-c3cccnc3)n2)c1. The van der Waals surface area contributed by atoms with Gasteiger partial charge in [0.25, 0.3) is 0 Å². The highest BCUT2D eigenvalue weighted by molar-refractivity contribution is 5.60. The Bertz CT molecular complexity index is 585. The van der Waals surface area contributed by atoms with E-state index < -0.39 is 0 Å². The van der Waals surface area contributed by atoms with Crippen LogP contribution in [0, 0.1) is 0 Å². The zero-order chi connectivity index (χ0) is 12.2. The molecule has 0 radical (unpaired) electrons. The van der Waals surface area contributed by atoms with Gasteiger partial charge >= 0.3 is 0 Å². The predicted octanol–water partition coefficient (Wildman–Crippen LogP) is 2.00. The third-order valence-corrected chi connectivity index (χ3v) is 2.44. The van der Waals surface area contributed by atoms with Crippen LogP contribution in [0.25, 0.3) is 22.6 Å². The molecule has 0 aliphatic rings. The molecule has 3 aromatic rings.